The summed E-state index contributed by atoms with van der Waals surface area (Å²) in [5.74, 6) is 1.51. The second-order valence-electron chi connectivity index (χ2n) is 4.76. The van der Waals surface area contributed by atoms with E-state index in [4.69, 9.17) is 16.3 Å². The van der Waals surface area contributed by atoms with Gasteiger partial charge in [0, 0.05) is 6.07 Å². The number of methoxy groups -OCH3 is 1. The highest BCUT2D eigenvalue weighted by Crippen LogP contribution is 2.28. The highest BCUT2D eigenvalue weighted by Gasteiger charge is 2.14. The van der Waals surface area contributed by atoms with E-state index in [1.165, 1.54) is 0 Å². The standard InChI is InChI=1S/C14H15BrClN3O/c1-8(2)7-10-12(15)13(16)19-14(18-10)9-5-4-6-11(17-9)20-3/h4-6,8H,7H2,1-3H3. The fraction of sp³-hybridized carbons (Fsp3) is 0.357. The first-order valence-corrected chi connectivity index (χ1v) is 7.41. The first-order chi connectivity index (χ1) is 9.51. The third-order valence-corrected chi connectivity index (χ3v) is 3.98. The minimum atomic E-state index is 0.398. The molecule has 6 heteroatoms. The molecule has 0 saturated heterocycles. The molecule has 0 aromatic carbocycles. The number of halogens is 2. The van der Waals surface area contributed by atoms with Crippen LogP contribution in [-0.4, -0.2) is 22.1 Å². The van der Waals surface area contributed by atoms with E-state index in [1.54, 1.807) is 13.2 Å². The lowest BCUT2D eigenvalue weighted by molar-refractivity contribution is 0.398. The molecule has 106 valence electrons. The lowest BCUT2D eigenvalue weighted by Gasteiger charge is -2.10. The van der Waals surface area contributed by atoms with E-state index in [2.05, 4.69) is 44.7 Å². The predicted octanol–water partition coefficient (Wildman–Crippen LogP) is 4.16. The van der Waals surface area contributed by atoms with Crippen molar-refractivity contribution in [2.45, 2.75) is 20.3 Å². The van der Waals surface area contributed by atoms with Crippen molar-refractivity contribution < 1.29 is 4.74 Å². The summed E-state index contributed by atoms with van der Waals surface area (Å²) in [5.41, 5.74) is 1.53. The fourth-order valence-corrected chi connectivity index (χ4v) is 2.28. The molecular weight excluding hydrogens is 342 g/mol. The first-order valence-electron chi connectivity index (χ1n) is 6.24. The summed E-state index contributed by atoms with van der Waals surface area (Å²) in [7, 11) is 1.58. The zero-order chi connectivity index (χ0) is 14.7. The SMILES string of the molecule is COc1cccc(-c2nc(Cl)c(Br)c(CC(C)C)n2)n1. The van der Waals surface area contributed by atoms with E-state index >= 15 is 0 Å². The summed E-state index contributed by atoms with van der Waals surface area (Å²) in [6, 6.07) is 5.46. The van der Waals surface area contributed by atoms with Crippen molar-refractivity contribution in [1.29, 1.82) is 0 Å². The lowest BCUT2D eigenvalue weighted by atomic mass is 10.1. The molecule has 20 heavy (non-hydrogen) atoms. The molecular formula is C14H15BrClN3O. The van der Waals surface area contributed by atoms with Crippen LogP contribution in [-0.2, 0) is 6.42 Å². The van der Waals surface area contributed by atoms with Gasteiger partial charge in [-0.25, -0.2) is 15.0 Å². The van der Waals surface area contributed by atoms with E-state index in [1.807, 2.05) is 12.1 Å². The summed E-state index contributed by atoms with van der Waals surface area (Å²) in [4.78, 5) is 13.2. The molecule has 0 saturated carbocycles. The quantitative estimate of drug-likeness (QED) is 0.772. The van der Waals surface area contributed by atoms with Gasteiger partial charge in [-0.1, -0.05) is 31.5 Å². The number of hydrogen-bond donors (Lipinski definition) is 0. The second-order valence-corrected chi connectivity index (χ2v) is 5.91. The zero-order valence-corrected chi connectivity index (χ0v) is 13.9. The van der Waals surface area contributed by atoms with E-state index in [-0.39, 0.29) is 0 Å². The number of rotatable bonds is 4. The third-order valence-electron chi connectivity index (χ3n) is 2.64. The van der Waals surface area contributed by atoms with Crippen LogP contribution in [0, 0.1) is 5.92 Å². The van der Waals surface area contributed by atoms with Crippen molar-refractivity contribution in [3.05, 3.63) is 33.5 Å². The topological polar surface area (TPSA) is 47.9 Å². The van der Waals surface area contributed by atoms with Gasteiger partial charge in [-0.05, 0) is 34.3 Å². The van der Waals surface area contributed by atoms with Crippen LogP contribution in [0.25, 0.3) is 11.5 Å². The maximum absolute atomic E-state index is 6.17. The van der Waals surface area contributed by atoms with Gasteiger partial charge >= 0.3 is 0 Å². The number of pyridine rings is 1. The number of aromatic nitrogens is 3. The molecule has 0 radical (unpaired) electrons. The Morgan fingerprint density at radius 3 is 2.65 bits per heavy atom. The van der Waals surface area contributed by atoms with Gasteiger partial charge in [0.25, 0.3) is 0 Å². The number of hydrogen-bond acceptors (Lipinski definition) is 4. The summed E-state index contributed by atoms with van der Waals surface area (Å²) in [6.07, 6.45) is 0.819. The molecule has 2 heterocycles. The zero-order valence-electron chi connectivity index (χ0n) is 11.5. The Morgan fingerprint density at radius 2 is 2.00 bits per heavy atom. The normalized spacial score (nSPS) is 10.9. The smallest absolute Gasteiger partial charge is 0.213 e. The van der Waals surface area contributed by atoms with Crippen LogP contribution in [0.15, 0.2) is 22.7 Å². The maximum Gasteiger partial charge on any atom is 0.213 e. The molecule has 0 spiro atoms. The molecule has 0 aliphatic heterocycles. The van der Waals surface area contributed by atoms with E-state index in [9.17, 15) is 0 Å². The van der Waals surface area contributed by atoms with Gasteiger partial charge in [-0.15, -0.1) is 0 Å². The van der Waals surface area contributed by atoms with Crippen molar-refractivity contribution in [2.24, 2.45) is 5.92 Å². The van der Waals surface area contributed by atoms with E-state index in [0.29, 0.717) is 28.5 Å². The molecule has 0 N–H and O–H groups in total. The van der Waals surface area contributed by atoms with Crippen molar-refractivity contribution >= 4 is 27.5 Å². The van der Waals surface area contributed by atoms with Gasteiger partial charge in [0.2, 0.25) is 5.88 Å². The molecule has 0 amide bonds. The maximum atomic E-state index is 6.17. The van der Waals surface area contributed by atoms with Gasteiger partial charge in [0.1, 0.15) is 10.8 Å². The Bertz CT molecular complexity index is 619. The van der Waals surface area contributed by atoms with Crippen LogP contribution in [0.1, 0.15) is 19.5 Å². The van der Waals surface area contributed by atoms with Crippen LogP contribution in [0.3, 0.4) is 0 Å². The van der Waals surface area contributed by atoms with Gasteiger partial charge in [-0.3, -0.25) is 0 Å². The highest BCUT2D eigenvalue weighted by atomic mass is 79.9. The van der Waals surface area contributed by atoms with Crippen LogP contribution in [0.4, 0.5) is 0 Å². The van der Waals surface area contributed by atoms with Gasteiger partial charge < -0.3 is 4.74 Å². The third kappa shape index (κ3) is 3.46. The average Bonchev–Trinajstić information content (AvgIpc) is 2.43. The Labute approximate surface area is 131 Å². The summed E-state index contributed by atoms with van der Waals surface area (Å²) < 4.78 is 5.87. The average molecular weight is 357 g/mol. The molecule has 0 fully saturated rings. The number of ether oxygens (including phenoxy) is 1. The van der Waals surface area contributed by atoms with Crippen molar-refractivity contribution in [3.63, 3.8) is 0 Å². The largest absolute Gasteiger partial charge is 0.481 e. The summed E-state index contributed by atoms with van der Waals surface area (Å²) >= 11 is 9.61. The monoisotopic (exact) mass is 355 g/mol. The molecule has 0 atom stereocenters. The van der Waals surface area contributed by atoms with E-state index in [0.717, 1.165) is 16.6 Å². The molecule has 0 aliphatic carbocycles. The Kier molecular flexibility index (Phi) is 4.94. The van der Waals surface area contributed by atoms with Crippen LogP contribution in [0.5, 0.6) is 5.88 Å². The Morgan fingerprint density at radius 1 is 1.25 bits per heavy atom. The molecule has 0 unspecified atom stereocenters. The van der Waals surface area contributed by atoms with Crippen molar-refractivity contribution in [3.8, 4) is 17.4 Å². The minimum Gasteiger partial charge on any atom is -0.481 e. The molecule has 2 aromatic rings. The summed E-state index contributed by atoms with van der Waals surface area (Å²) in [5, 5.41) is 0.398. The molecule has 0 aliphatic rings. The Balaban J connectivity index is 2.48. The fourth-order valence-electron chi connectivity index (χ4n) is 1.75. The van der Waals surface area contributed by atoms with Crippen LogP contribution >= 0.6 is 27.5 Å². The molecule has 2 aromatic heterocycles. The van der Waals surface area contributed by atoms with Crippen LogP contribution < -0.4 is 4.74 Å². The predicted molar refractivity (Wildman–Crippen MR) is 83.1 cm³/mol. The van der Waals surface area contributed by atoms with Crippen molar-refractivity contribution in [1.82, 2.24) is 15.0 Å². The first kappa shape index (κ1) is 15.2. The Hall–Kier alpha value is -1.20. The lowest BCUT2D eigenvalue weighted by Crippen LogP contribution is -2.03. The highest BCUT2D eigenvalue weighted by molar-refractivity contribution is 9.10. The second kappa shape index (κ2) is 6.50. The molecule has 4 nitrogen and oxygen atoms in total. The molecule has 0 bridgehead atoms. The van der Waals surface area contributed by atoms with Gasteiger partial charge in [0.05, 0.1) is 17.3 Å². The minimum absolute atomic E-state index is 0.398. The number of nitrogens with zero attached hydrogens (tertiary/aromatic N) is 3. The van der Waals surface area contributed by atoms with E-state index < -0.39 is 0 Å². The van der Waals surface area contributed by atoms with Gasteiger partial charge in [0.15, 0.2) is 5.82 Å². The molecule has 2 rings (SSSR count). The van der Waals surface area contributed by atoms with Crippen molar-refractivity contribution in [2.75, 3.05) is 7.11 Å². The van der Waals surface area contributed by atoms with Gasteiger partial charge in [-0.2, -0.15) is 0 Å². The summed E-state index contributed by atoms with van der Waals surface area (Å²) in [6.45, 7) is 4.26. The van der Waals surface area contributed by atoms with Crippen LogP contribution in [0.2, 0.25) is 5.15 Å².